The largest absolute Gasteiger partial charge is 0.466 e. The molecular formula is C19H20BrNO4. The first-order chi connectivity index (χ1) is 12.0. The summed E-state index contributed by atoms with van der Waals surface area (Å²) in [6, 6.07) is 7.64. The lowest BCUT2D eigenvalue weighted by Crippen LogP contribution is -2.38. The highest BCUT2D eigenvalue weighted by Crippen LogP contribution is 2.44. The van der Waals surface area contributed by atoms with Crippen molar-refractivity contribution in [3.8, 4) is 0 Å². The number of halogens is 1. The summed E-state index contributed by atoms with van der Waals surface area (Å²) in [6.07, 6.45) is 0.779. The van der Waals surface area contributed by atoms with Crippen LogP contribution < -0.4 is 5.32 Å². The SMILES string of the molecule is COC(=O)C1=C(C)NC2=C(C(=O)CC(OC)C2)C1c1ccccc1Br. The number of ether oxygens (including phenoxy) is 2. The molecule has 3 rings (SSSR count). The third-order valence-corrected chi connectivity index (χ3v) is 5.47. The van der Waals surface area contributed by atoms with Gasteiger partial charge < -0.3 is 14.8 Å². The standard InChI is InChI=1S/C19H20BrNO4/c1-10-16(19(23)25-3)17(12-6-4-5-7-13(12)20)18-14(21-10)8-11(24-2)9-15(18)22/h4-7,11,17,21H,8-9H2,1-3H3. The van der Waals surface area contributed by atoms with Gasteiger partial charge in [-0.3, -0.25) is 4.79 Å². The number of rotatable bonds is 3. The molecule has 0 amide bonds. The number of benzene rings is 1. The molecule has 1 aromatic carbocycles. The van der Waals surface area contributed by atoms with Gasteiger partial charge in [-0.15, -0.1) is 0 Å². The summed E-state index contributed by atoms with van der Waals surface area (Å²) in [5, 5.41) is 3.24. The maximum Gasteiger partial charge on any atom is 0.336 e. The smallest absolute Gasteiger partial charge is 0.336 e. The third-order valence-electron chi connectivity index (χ3n) is 4.75. The molecule has 132 valence electrons. The van der Waals surface area contributed by atoms with Crippen molar-refractivity contribution in [2.45, 2.75) is 31.8 Å². The van der Waals surface area contributed by atoms with Crippen LogP contribution in [0.2, 0.25) is 0 Å². The topological polar surface area (TPSA) is 64.6 Å². The zero-order valence-corrected chi connectivity index (χ0v) is 16.0. The van der Waals surface area contributed by atoms with E-state index < -0.39 is 11.9 Å². The third kappa shape index (κ3) is 3.16. The number of esters is 1. The predicted molar refractivity (Wildman–Crippen MR) is 96.8 cm³/mol. The van der Waals surface area contributed by atoms with Crippen LogP contribution in [-0.2, 0) is 19.1 Å². The molecule has 0 aromatic heterocycles. The molecule has 2 unspecified atom stereocenters. The molecule has 0 radical (unpaired) electrons. The quantitative estimate of drug-likeness (QED) is 0.782. The summed E-state index contributed by atoms with van der Waals surface area (Å²) in [4.78, 5) is 25.4. The Bertz CT molecular complexity index is 796. The number of Topliss-reactive ketones (excluding diaryl/α,β-unsaturated/α-hetero) is 1. The first kappa shape index (κ1) is 17.9. The van der Waals surface area contributed by atoms with Gasteiger partial charge in [0, 0.05) is 47.3 Å². The second-order valence-electron chi connectivity index (χ2n) is 6.19. The molecule has 1 aliphatic heterocycles. The monoisotopic (exact) mass is 405 g/mol. The van der Waals surface area contributed by atoms with E-state index in [0.717, 1.165) is 15.7 Å². The van der Waals surface area contributed by atoms with E-state index in [1.807, 2.05) is 31.2 Å². The summed E-state index contributed by atoms with van der Waals surface area (Å²) in [5.74, 6) is -0.890. The van der Waals surface area contributed by atoms with Crippen molar-refractivity contribution in [1.82, 2.24) is 5.32 Å². The molecule has 5 nitrogen and oxygen atoms in total. The lowest BCUT2D eigenvalue weighted by molar-refractivity contribution is -0.136. The van der Waals surface area contributed by atoms with Crippen LogP contribution in [0.25, 0.3) is 0 Å². The fourth-order valence-electron chi connectivity index (χ4n) is 3.57. The lowest BCUT2D eigenvalue weighted by Gasteiger charge is -2.36. The maximum atomic E-state index is 12.9. The van der Waals surface area contributed by atoms with Gasteiger partial charge in [0.05, 0.1) is 18.8 Å². The van der Waals surface area contributed by atoms with Gasteiger partial charge in [-0.2, -0.15) is 0 Å². The number of hydrogen-bond donors (Lipinski definition) is 1. The number of allylic oxidation sites excluding steroid dienone is 2. The maximum absolute atomic E-state index is 12.9. The molecule has 0 spiro atoms. The Labute approximate surface area is 155 Å². The molecule has 0 saturated carbocycles. The molecule has 1 aliphatic carbocycles. The molecule has 6 heteroatoms. The van der Waals surface area contributed by atoms with Crippen LogP contribution in [0.15, 0.2) is 51.3 Å². The zero-order valence-electron chi connectivity index (χ0n) is 14.4. The van der Waals surface area contributed by atoms with Crippen LogP contribution in [0.1, 0.15) is 31.2 Å². The van der Waals surface area contributed by atoms with Crippen LogP contribution in [0.4, 0.5) is 0 Å². The fraction of sp³-hybridized carbons (Fsp3) is 0.368. The summed E-state index contributed by atoms with van der Waals surface area (Å²) in [6.45, 7) is 1.83. The van der Waals surface area contributed by atoms with Crippen molar-refractivity contribution >= 4 is 27.7 Å². The van der Waals surface area contributed by atoms with Crippen LogP contribution in [0.5, 0.6) is 0 Å². The van der Waals surface area contributed by atoms with Gasteiger partial charge in [-0.25, -0.2) is 4.79 Å². The number of ketones is 1. The van der Waals surface area contributed by atoms with E-state index in [9.17, 15) is 9.59 Å². The minimum absolute atomic E-state index is 0.00439. The van der Waals surface area contributed by atoms with Crippen LogP contribution in [0.3, 0.4) is 0 Å². The van der Waals surface area contributed by atoms with E-state index in [1.165, 1.54) is 7.11 Å². The zero-order chi connectivity index (χ0) is 18.1. The number of carbonyl (C=O) groups is 2. The highest BCUT2D eigenvalue weighted by atomic mass is 79.9. The summed E-state index contributed by atoms with van der Waals surface area (Å²) in [5.41, 5.74) is 3.51. The Morgan fingerprint density at radius 3 is 2.60 bits per heavy atom. The van der Waals surface area contributed by atoms with E-state index >= 15 is 0 Å². The van der Waals surface area contributed by atoms with Gasteiger partial charge in [0.2, 0.25) is 0 Å². The van der Waals surface area contributed by atoms with Crippen molar-refractivity contribution in [1.29, 1.82) is 0 Å². The van der Waals surface area contributed by atoms with Crippen molar-refractivity contribution in [3.05, 3.63) is 56.8 Å². The van der Waals surface area contributed by atoms with Crippen molar-refractivity contribution in [3.63, 3.8) is 0 Å². The van der Waals surface area contributed by atoms with Gasteiger partial charge in [0.15, 0.2) is 5.78 Å². The van der Waals surface area contributed by atoms with Crippen molar-refractivity contribution < 1.29 is 19.1 Å². The second-order valence-corrected chi connectivity index (χ2v) is 7.05. The highest BCUT2D eigenvalue weighted by Gasteiger charge is 2.41. The normalized spacial score (nSPS) is 23.3. The average Bonchev–Trinajstić information content (AvgIpc) is 2.60. The van der Waals surface area contributed by atoms with E-state index in [0.29, 0.717) is 29.7 Å². The number of hydrogen-bond acceptors (Lipinski definition) is 5. The molecule has 0 bridgehead atoms. The second kappa shape index (κ2) is 7.14. The average molecular weight is 406 g/mol. The fourth-order valence-corrected chi connectivity index (χ4v) is 4.08. The van der Waals surface area contributed by atoms with E-state index in [1.54, 1.807) is 7.11 Å². The van der Waals surface area contributed by atoms with E-state index in [-0.39, 0.29) is 11.9 Å². The Hall–Kier alpha value is -1.92. The molecule has 25 heavy (non-hydrogen) atoms. The summed E-state index contributed by atoms with van der Waals surface area (Å²) < 4.78 is 11.2. The number of dihydropyridines is 1. The van der Waals surface area contributed by atoms with Crippen LogP contribution in [-0.4, -0.2) is 32.1 Å². The number of carbonyl (C=O) groups excluding carboxylic acids is 2. The molecule has 1 aromatic rings. The molecule has 2 atom stereocenters. The first-order valence-electron chi connectivity index (χ1n) is 8.07. The van der Waals surface area contributed by atoms with Gasteiger partial charge >= 0.3 is 5.97 Å². The number of methoxy groups -OCH3 is 2. The predicted octanol–water partition coefficient (Wildman–Crippen LogP) is 3.21. The van der Waals surface area contributed by atoms with Gasteiger partial charge in [0.25, 0.3) is 0 Å². The molecular weight excluding hydrogens is 386 g/mol. The Morgan fingerprint density at radius 2 is 1.96 bits per heavy atom. The Balaban J connectivity index is 2.20. The molecule has 1 heterocycles. The molecule has 0 fully saturated rings. The minimum atomic E-state index is -0.454. The molecule has 1 N–H and O–H groups in total. The lowest BCUT2D eigenvalue weighted by atomic mass is 9.74. The van der Waals surface area contributed by atoms with E-state index in [2.05, 4.69) is 21.2 Å². The van der Waals surface area contributed by atoms with Crippen LogP contribution >= 0.6 is 15.9 Å². The summed E-state index contributed by atoms with van der Waals surface area (Å²) >= 11 is 3.56. The van der Waals surface area contributed by atoms with Gasteiger partial charge in [-0.1, -0.05) is 34.1 Å². The van der Waals surface area contributed by atoms with Crippen molar-refractivity contribution in [2.75, 3.05) is 14.2 Å². The van der Waals surface area contributed by atoms with E-state index in [4.69, 9.17) is 9.47 Å². The van der Waals surface area contributed by atoms with Gasteiger partial charge in [0.1, 0.15) is 0 Å². The Kier molecular flexibility index (Phi) is 5.11. The molecule has 2 aliphatic rings. The highest BCUT2D eigenvalue weighted by molar-refractivity contribution is 9.10. The van der Waals surface area contributed by atoms with Gasteiger partial charge in [-0.05, 0) is 18.6 Å². The number of nitrogens with one attached hydrogen (secondary N) is 1. The van der Waals surface area contributed by atoms with Crippen LogP contribution in [0, 0.1) is 0 Å². The molecule has 0 saturated heterocycles. The minimum Gasteiger partial charge on any atom is -0.466 e. The first-order valence-corrected chi connectivity index (χ1v) is 8.86. The Morgan fingerprint density at radius 1 is 1.24 bits per heavy atom. The van der Waals surface area contributed by atoms with Crippen molar-refractivity contribution in [2.24, 2.45) is 0 Å². The summed E-state index contributed by atoms with van der Waals surface area (Å²) in [7, 11) is 2.97.